The molecule has 2 rings (SSSR count). The Bertz CT molecular complexity index is 302. The van der Waals surface area contributed by atoms with Crippen LogP contribution in [0.3, 0.4) is 0 Å². The highest BCUT2D eigenvalue weighted by Crippen LogP contribution is 2.39. The number of rotatable bonds is 5. The summed E-state index contributed by atoms with van der Waals surface area (Å²) in [7, 11) is 0. The molecule has 2 N–H and O–H groups in total. The van der Waals surface area contributed by atoms with E-state index in [2.05, 4.69) is 19.2 Å². The molecule has 2 aliphatic carbocycles. The number of carbonyl (C=O) groups excluding carboxylic acids is 1. The molecule has 1 atom stereocenters. The van der Waals surface area contributed by atoms with Crippen LogP contribution < -0.4 is 5.32 Å². The smallest absolute Gasteiger partial charge is 0.226 e. The van der Waals surface area contributed by atoms with Crippen LogP contribution in [0.25, 0.3) is 0 Å². The van der Waals surface area contributed by atoms with Crippen molar-refractivity contribution in [3.05, 3.63) is 0 Å². The first-order valence-corrected chi connectivity index (χ1v) is 7.98. The third-order valence-electron chi connectivity index (χ3n) is 5.38. The van der Waals surface area contributed by atoms with Gasteiger partial charge in [-0.05, 0) is 37.5 Å². The number of nitrogens with one attached hydrogen (secondary N) is 1. The molecule has 19 heavy (non-hydrogen) atoms. The van der Waals surface area contributed by atoms with E-state index in [4.69, 9.17) is 0 Å². The minimum atomic E-state index is -0.356. The van der Waals surface area contributed by atoms with Crippen LogP contribution in [-0.4, -0.2) is 23.7 Å². The summed E-state index contributed by atoms with van der Waals surface area (Å²) in [6.45, 7) is 4.54. The summed E-state index contributed by atoms with van der Waals surface area (Å²) in [6, 6.07) is 0. The predicted octanol–water partition coefficient (Wildman–Crippen LogP) is 2.87. The molecule has 0 bridgehead atoms. The molecule has 0 spiro atoms. The zero-order chi connectivity index (χ0) is 13.9. The fourth-order valence-corrected chi connectivity index (χ4v) is 3.77. The summed E-state index contributed by atoms with van der Waals surface area (Å²) >= 11 is 0. The Morgan fingerprint density at radius 3 is 2.26 bits per heavy atom. The standard InChI is InChI=1S/C16H29NO2/c1-16(2,13-9-5-6-10-13)15(19)17-11-14(18)12-7-3-4-8-12/h12-14,18H,3-11H2,1-2H3,(H,17,19). The van der Waals surface area contributed by atoms with Gasteiger partial charge in [0.25, 0.3) is 0 Å². The molecule has 0 aromatic carbocycles. The monoisotopic (exact) mass is 267 g/mol. The van der Waals surface area contributed by atoms with E-state index in [0.717, 1.165) is 12.8 Å². The Kier molecular flexibility index (Phi) is 4.88. The lowest BCUT2D eigenvalue weighted by atomic mass is 9.77. The largest absolute Gasteiger partial charge is 0.391 e. The summed E-state index contributed by atoms with van der Waals surface area (Å²) in [5, 5.41) is 13.1. The zero-order valence-corrected chi connectivity index (χ0v) is 12.5. The molecule has 2 saturated carbocycles. The summed E-state index contributed by atoms with van der Waals surface area (Å²) in [6.07, 6.45) is 9.18. The molecule has 110 valence electrons. The number of aliphatic hydroxyl groups is 1. The number of hydrogen-bond donors (Lipinski definition) is 2. The van der Waals surface area contributed by atoms with E-state index in [9.17, 15) is 9.90 Å². The molecule has 1 unspecified atom stereocenters. The van der Waals surface area contributed by atoms with Crippen LogP contribution in [0.5, 0.6) is 0 Å². The quantitative estimate of drug-likeness (QED) is 0.804. The highest BCUT2D eigenvalue weighted by atomic mass is 16.3. The number of carbonyl (C=O) groups is 1. The minimum Gasteiger partial charge on any atom is -0.391 e. The van der Waals surface area contributed by atoms with Crippen molar-refractivity contribution in [1.82, 2.24) is 5.32 Å². The van der Waals surface area contributed by atoms with Crippen LogP contribution >= 0.6 is 0 Å². The van der Waals surface area contributed by atoms with Crippen molar-refractivity contribution in [3.63, 3.8) is 0 Å². The third-order valence-corrected chi connectivity index (χ3v) is 5.38. The summed E-state index contributed by atoms with van der Waals surface area (Å²) in [5.74, 6) is 1.03. The van der Waals surface area contributed by atoms with Crippen LogP contribution in [0.2, 0.25) is 0 Å². The lowest BCUT2D eigenvalue weighted by Gasteiger charge is -2.31. The maximum atomic E-state index is 12.3. The van der Waals surface area contributed by atoms with Gasteiger partial charge in [0.15, 0.2) is 0 Å². The predicted molar refractivity (Wildman–Crippen MR) is 76.7 cm³/mol. The van der Waals surface area contributed by atoms with Gasteiger partial charge in [0.05, 0.1) is 6.10 Å². The van der Waals surface area contributed by atoms with Crippen LogP contribution in [0.4, 0.5) is 0 Å². The Hall–Kier alpha value is -0.570. The van der Waals surface area contributed by atoms with Crippen LogP contribution in [0.15, 0.2) is 0 Å². The van der Waals surface area contributed by atoms with Gasteiger partial charge in [0.1, 0.15) is 0 Å². The van der Waals surface area contributed by atoms with Gasteiger partial charge >= 0.3 is 0 Å². The topological polar surface area (TPSA) is 49.3 Å². The molecule has 3 heteroatoms. The molecule has 2 aliphatic rings. The lowest BCUT2D eigenvalue weighted by molar-refractivity contribution is -0.132. The fourth-order valence-electron chi connectivity index (χ4n) is 3.77. The van der Waals surface area contributed by atoms with Crippen molar-refractivity contribution >= 4 is 5.91 Å². The normalized spacial score (nSPS) is 23.7. The van der Waals surface area contributed by atoms with Gasteiger partial charge in [-0.25, -0.2) is 0 Å². The van der Waals surface area contributed by atoms with Crippen molar-refractivity contribution in [1.29, 1.82) is 0 Å². The lowest BCUT2D eigenvalue weighted by Crippen LogP contribution is -2.45. The molecule has 0 aromatic heterocycles. The van der Waals surface area contributed by atoms with Crippen molar-refractivity contribution in [2.75, 3.05) is 6.54 Å². The van der Waals surface area contributed by atoms with E-state index < -0.39 is 0 Å². The summed E-state index contributed by atoms with van der Waals surface area (Å²) in [4.78, 5) is 12.3. The van der Waals surface area contributed by atoms with E-state index >= 15 is 0 Å². The van der Waals surface area contributed by atoms with Gasteiger partial charge in [0.2, 0.25) is 5.91 Å². The van der Waals surface area contributed by atoms with E-state index in [1.165, 1.54) is 38.5 Å². The van der Waals surface area contributed by atoms with Crippen molar-refractivity contribution in [2.45, 2.75) is 71.3 Å². The molecular formula is C16H29NO2. The molecule has 1 amide bonds. The molecule has 0 aliphatic heterocycles. The number of aliphatic hydroxyl groups excluding tert-OH is 1. The molecule has 0 saturated heterocycles. The average molecular weight is 267 g/mol. The molecule has 0 radical (unpaired) electrons. The van der Waals surface area contributed by atoms with E-state index in [1.54, 1.807) is 0 Å². The second kappa shape index (κ2) is 6.25. The zero-order valence-electron chi connectivity index (χ0n) is 12.5. The Morgan fingerprint density at radius 1 is 1.16 bits per heavy atom. The highest BCUT2D eigenvalue weighted by Gasteiger charge is 2.38. The Labute approximate surface area is 117 Å². The SMILES string of the molecule is CC(C)(C(=O)NCC(O)C1CCCC1)C1CCCC1. The van der Waals surface area contributed by atoms with Gasteiger partial charge in [0, 0.05) is 12.0 Å². The summed E-state index contributed by atoms with van der Waals surface area (Å²) in [5.41, 5.74) is -0.286. The first-order valence-electron chi connectivity index (χ1n) is 7.98. The summed E-state index contributed by atoms with van der Waals surface area (Å²) < 4.78 is 0. The molecular weight excluding hydrogens is 238 g/mol. The van der Waals surface area contributed by atoms with Crippen molar-refractivity contribution in [2.24, 2.45) is 17.3 Å². The average Bonchev–Trinajstić information content (AvgIpc) is 3.06. The van der Waals surface area contributed by atoms with Gasteiger partial charge in [-0.1, -0.05) is 39.5 Å². The van der Waals surface area contributed by atoms with Crippen molar-refractivity contribution in [3.8, 4) is 0 Å². The first kappa shape index (κ1) is 14.8. The molecule has 0 heterocycles. The minimum absolute atomic E-state index is 0.122. The van der Waals surface area contributed by atoms with Gasteiger partial charge < -0.3 is 10.4 Å². The maximum absolute atomic E-state index is 12.3. The Balaban J connectivity index is 1.79. The van der Waals surface area contributed by atoms with Crippen molar-refractivity contribution < 1.29 is 9.90 Å². The molecule has 0 aromatic rings. The third kappa shape index (κ3) is 3.50. The van der Waals surface area contributed by atoms with E-state index in [-0.39, 0.29) is 17.4 Å². The van der Waals surface area contributed by atoms with Gasteiger partial charge in [-0.15, -0.1) is 0 Å². The second-order valence-corrected chi connectivity index (χ2v) is 7.02. The van der Waals surface area contributed by atoms with Crippen LogP contribution in [0.1, 0.15) is 65.2 Å². The van der Waals surface area contributed by atoms with E-state index in [1.807, 2.05) is 0 Å². The first-order chi connectivity index (χ1) is 9.01. The Morgan fingerprint density at radius 2 is 1.68 bits per heavy atom. The van der Waals surface area contributed by atoms with Gasteiger partial charge in [-0.2, -0.15) is 0 Å². The highest BCUT2D eigenvalue weighted by molar-refractivity contribution is 5.82. The molecule has 2 fully saturated rings. The van der Waals surface area contributed by atoms with Crippen LogP contribution in [-0.2, 0) is 4.79 Å². The maximum Gasteiger partial charge on any atom is 0.226 e. The fraction of sp³-hybridized carbons (Fsp3) is 0.938. The van der Waals surface area contributed by atoms with Crippen LogP contribution in [0, 0.1) is 17.3 Å². The van der Waals surface area contributed by atoms with Gasteiger partial charge in [-0.3, -0.25) is 4.79 Å². The number of amides is 1. The second-order valence-electron chi connectivity index (χ2n) is 7.02. The molecule has 3 nitrogen and oxygen atoms in total. The van der Waals surface area contributed by atoms with E-state index in [0.29, 0.717) is 18.4 Å². The number of hydrogen-bond acceptors (Lipinski definition) is 2.